The highest BCUT2D eigenvalue weighted by atomic mass is 16.5. The molecule has 1 aliphatic rings. The molecule has 1 aromatic carbocycles. The minimum atomic E-state index is -0.313. The molecule has 1 aliphatic heterocycles. The van der Waals surface area contributed by atoms with E-state index in [4.69, 9.17) is 9.15 Å². The fourth-order valence-electron chi connectivity index (χ4n) is 3.33. The quantitative estimate of drug-likeness (QED) is 0.684. The van der Waals surface area contributed by atoms with Crippen LogP contribution in [0.15, 0.2) is 52.2 Å². The minimum absolute atomic E-state index is 0.0795. The topological polar surface area (TPSA) is 87.4 Å². The normalized spacial score (nSPS) is 15.9. The zero-order chi connectivity index (χ0) is 21.5. The van der Waals surface area contributed by atoms with Gasteiger partial charge in [-0.05, 0) is 55.4 Å². The molecule has 0 saturated heterocycles. The van der Waals surface area contributed by atoms with Crippen LogP contribution in [0.5, 0.6) is 5.75 Å². The Balaban J connectivity index is 1.73. The molecule has 2 amide bonds. The SMILES string of the molecule is CCCNC(=O)CN(C)CC(=O)N1N=C(c2ccc(OC)cc2)C[C@@H]1c1ccco1. The average Bonchev–Trinajstić information content (AvgIpc) is 3.42. The first-order chi connectivity index (χ1) is 14.5. The molecule has 8 nitrogen and oxygen atoms in total. The average molecular weight is 412 g/mol. The Bertz CT molecular complexity index is 877. The van der Waals surface area contributed by atoms with Crippen LogP contribution < -0.4 is 10.1 Å². The summed E-state index contributed by atoms with van der Waals surface area (Å²) >= 11 is 0. The zero-order valence-electron chi connectivity index (χ0n) is 17.6. The molecule has 30 heavy (non-hydrogen) atoms. The predicted octanol–water partition coefficient (Wildman–Crippen LogP) is 2.42. The van der Waals surface area contributed by atoms with Gasteiger partial charge in [-0.3, -0.25) is 14.5 Å². The highest BCUT2D eigenvalue weighted by Gasteiger charge is 2.35. The summed E-state index contributed by atoms with van der Waals surface area (Å²) in [5.74, 6) is 1.15. The van der Waals surface area contributed by atoms with Gasteiger partial charge in [0.25, 0.3) is 5.91 Å². The van der Waals surface area contributed by atoms with Crippen LogP contribution in [0.25, 0.3) is 0 Å². The van der Waals surface area contributed by atoms with Gasteiger partial charge < -0.3 is 14.5 Å². The number of hydrogen-bond acceptors (Lipinski definition) is 6. The van der Waals surface area contributed by atoms with Crippen molar-refractivity contribution in [2.75, 3.05) is 33.8 Å². The maximum atomic E-state index is 13.0. The Hall–Kier alpha value is -3.13. The lowest BCUT2D eigenvalue weighted by atomic mass is 10.0. The Kier molecular flexibility index (Phi) is 7.24. The van der Waals surface area contributed by atoms with E-state index in [9.17, 15) is 9.59 Å². The van der Waals surface area contributed by atoms with Gasteiger partial charge in [0, 0.05) is 13.0 Å². The Morgan fingerprint density at radius 3 is 2.67 bits per heavy atom. The monoisotopic (exact) mass is 412 g/mol. The number of hydrazone groups is 1. The summed E-state index contributed by atoms with van der Waals surface area (Å²) in [6.07, 6.45) is 3.01. The van der Waals surface area contributed by atoms with Crippen molar-refractivity contribution in [1.29, 1.82) is 0 Å². The summed E-state index contributed by atoms with van der Waals surface area (Å²) < 4.78 is 10.8. The van der Waals surface area contributed by atoms with E-state index >= 15 is 0 Å². The molecule has 1 atom stereocenters. The van der Waals surface area contributed by atoms with E-state index in [1.165, 1.54) is 5.01 Å². The standard InChI is InChI=1S/C22H28N4O4/c1-4-11-23-21(27)14-25(2)15-22(28)26-19(20-6-5-12-30-20)13-18(24-26)16-7-9-17(29-3)10-8-16/h5-10,12,19H,4,11,13-15H2,1-3H3,(H,23,27)/t19-/m1/s1. The predicted molar refractivity (Wildman–Crippen MR) is 113 cm³/mol. The number of amides is 2. The van der Waals surface area contributed by atoms with Gasteiger partial charge in [0.1, 0.15) is 17.6 Å². The summed E-state index contributed by atoms with van der Waals surface area (Å²) in [6, 6.07) is 10.9. The van der Waals surface area contributed by atoms with Gasteiger partial charge in [-0.15, -0.1) is 0 Å². The van der Waals surface area contributed by atoms with E-state index < -0.39 is 0 Å². The molecule has 1 N–H and O–H groups in total. The molecule has 0 aliphatic carbocycles. The Morgan fingerprint density at radius 2 is 2.03 bits per heavy atom. The summed E-state index contributed by atoms with van der Waals surface area (Å²) in [7, 11) is 3.37. The third kappa shape index (κ3) is 5.27. The second kappa shape index (κ2) is 10.1. The molecule has 0 fully saturated rings. The highest BCUT2D eigenvalue weighted by Crippen LogP contribution is 2.33. The molecule has 0 spiro atoms. The number of rotatable bonds is 9. The van der Waals surface area contributed by atoms with E-state index in [0.717, 1.165) is 23.4 Å². The lowest BCUT2D eigenvalue weighted by Crippen LogP contribution is -2.41. The van der Waals surface area contributed by atoms with E-state index in [0.29, 0.717) is 18.7 Å². The first-order valence-corrected chi connectivity index (χ1v) is 10.0. The van der Waals surface area contributed by atoms with Gasteiger partial charge in [0.05, 0.1) is 32.2 Å². The van der Waals surface area contributed by atoms with Crippen LogP contribution >= 0.6 is 0 Å². The number of ether oxygens (including phenoxy) is 1. The van der Waals surface area contributed by atoms with Crippen molar-refractivity contribution in [3.05, 3.63) is 54.0 Å². The minimum Gasteiger partial charge on any atom is -0.497 e. The fourth-order valence-corrected chi connectivity index (χ4v) is 3.33. The maximum Gasteiger partial charge on any atom is 0.257 e. The second-order valence-electron chi connectivity index (χ2n) is 7.27. The van der Waals surface area contributed by atoms with Crippen LogP contribution in [-0.4, -0.2) is 61.2 Å². The molecule has 1 aromatic heterocycles. The van der Waals surface area contributed by atoms with Crippen LogP contribution in [0.4, 0.5) is 0 Å². The molecular weight excluding hydrogens is 384 g/mol. The third-order valence-corrected chi connectivity index (χ3v) is 4.85. The molecule has 0 saturated carbocycles. The summed E-state index contributed by atoms with van der Waals surface area (Å²) in [5, 5.41) is 8.89. The van der Waals surface area contributed by atoms with Gasteiger partial charge in [-0.2, -0.15) is 5.10 Å². The van der Waals surface area contributed by atoms with Crippen molar-refractivity contribution in [1.82, 2.24) is 15.2 Å². The molecule has 0 radical (unpaired) electrons. The number of nitrogens with zero attached hydrogens (tertiary/aromatic N) is 3. The lowest BCUT2D eigenvalue weighted by molar-refractivity contribution is -0.134. The molecule has 3 rings (SSSR count). The van der Waals surface area contributed by atoms with E-state index in [1.54, 1.807) is 31.4 Å². The number of hydrogen-bond donors (Lipinski definition) is 1. The van der Waals surface area contributed by atoms with Crippen molar-refractivity contribution in [2.45, 2.75) is 25.8 Å². The number of nitrogens with one attached hydrogen (secondary N) is 1. The zero-order valence-corrected chi connectivity index (χ0v) is 17.6. The molecule has 2 aromatic rings. The van der Waals surface area contributed by atoms with Crippen molar-refractivity contribution in [3.63, 3.8) is 0 Å². The highest BCUT2D eigenvalue weighted by molar-refractivity contribution is 6.03. The van der Waals surface area contributed by atoms with Crippen molar-refractivity contribution in [2.24, 2.45) is 5.10 Å². The van der Waals surface area contributed by atoms with E-state index in [1.807, 2.05) is 37.3 Å². The van der Waals surface area contributed by atoms with Gasteiger partial charge >= 0.3 is 0 Å². The van der Waals surface area contributed by atoms with Crippen molar-refractivity contribution in [3.8, 4) is 5.75 Å². The Labute approximate surface area is 176 Å². The molecular formula is C22H28N4O4. The third-order valence-electron chi connectivity index (χ3n) is 4.85. The smallest absolute Gasteiger partial charge is 0.257 e. The van der Waals surface area contributed by atoms with E-state index in [-0.39, 0.29) is 30.9 Å². The maximum absolute atomic E-state index is 13.0. The molecule has 160 valence electrons. The van der Waals surface area contributed by atoms with E-state index in [2.05, 4.69) is 10.4 Å². The van der Waals surface area contributed by atoms with Crippen molar-refractivity contribution < 1.29 is 18.7 Å². The molecule has 8 heteroatoms. The summed E-state index contributed by atoms with van der Waals surface area (Å²) in [4.78, 5) is 26.6. The van der Waals surface area contributed by atoms with Gasteiger partial charge in [-0.25, -0.2) is 5.01 Å². The van der Waals surface area contributed by atoms with Gasteiger partial charge in [0.2, 0.25) is 5.91 Å². The first-order valence-electron chi connectivity index (χ1n) is 10.0. The molecule has 2 heterocycles. The molecule has 0 bridgehead atoms. The van der Waals surface area contributed by atoms with Gasteiger partial charge in [-0.1, -0.05) is 6.92 Å². The number of methoxy groups -OCH3 is 1. The number of carbonyl (C=O) groups is 2. The van der Waals surface area contributed by atoms with Crippen LogP contribution in [-0.2, 0) is 9.59 Å². The fraction of sp³-hybridized carbons (Fsp3) is 0.409. The number of furan rings is 1. The summed E-state index contributed by atoms with van der Waals surface area (Å²) in [6.45, 7) is 2.85. The number of benzene rings is 1. The van der Waals surface area contributed by atoms with Crippen molar-refractivity contribution >= 4 is 17.5 Å². The largest absolute Gasteiger partial charge is 0.497 e. The number of carbonyl (C=O) groups excluding carboxylic acids is 2. The summed E-state index contributed by atoms with van der Waals surface area (Å²) in [5.41, 5.74) is 1.73. The second-order valence-corrected chi connectivity index (χ2v) is 7.27. The number of likely N-dealkylation sites (N-methyl/N-ethyl adjacent to an activating group) is 1. The first kappa shape index (κ1) is 21.6. The van der Waals surface area contributed by atoms with Crippen LogP contribution in [0.3, 0.4) is 0 Å². The Morgan fingerprint density at radius 1 is 1.27 bits per heavy atom. The van der Waals surface area contributed by atoms with Crippen LogP contribution in [0.1, 0.15) is 37.1 Å². The van der Waals surface area contributed by atoms with Crippen LogP contribution in [0.2, 0.25) is 0 Å². The van der Waals surface area contributed by atoms with Gasteiger partial charge in [0.15, 0.2) is 0 Å². The lowest BCUT2D eigenvalue weighted by Gasteiger charge is -2.23. The van der Waals surface area contributed by atoms with Crippen LogP contribution in [0, 0.1) is 0 Å². The molecule has 0 unspecified atom stereocenters.